The summed E-state index contributed by atoms with van der Waals surface area (Å²) in [6.07, 6.45) is 0.147. The number of nitrogens with zero attached hydrogens (tertiary/aromatic N) is 4. The van der Waals surface area contributed by atoms with Crippen LogP contribution < -0.4 is 15.5 Å². The number of benzene rings is 2. The van der Waals surface area contributed by atoms with Crippen LogP contribution in [-0.4, -0.2) is 38.9 Å². The highest BCUT2D eigenvalue weighted by Crippen LogP contribution is 2.28. The van der Waals surface area contributed by atoms with Gasteiger partial charge in [0.25, 0.3) is 0 Å². The van der Waals surface area contributed by atoms with Crippen LogP contribution in [0.5, 0.6) is 0 Å². The number of amides is 3. The summed E-state index contributed by atoms with van der Waals surface area (Å²) in [5.41, 5.74) is 4.33. The Morgan fingerprint density at radius 3 is 2.50 bits per heavy atom. The average molecular weight is 475 g/mol. The van der Waals surface area contributed by atoms with E-state index in [1.807, 2.05) is 60.8 Å². The minimum absolute atomic E-state index is 0.0761. The second-order valence-electron chi connectivity index (χ2n) is 8.24. The molecule has 3 amide bonds. The van der Waals surface area contributed by atoms with E-state index in [-0.39, 0.29) is 30.1 Å². The van der Waals surface area contributed by atoms with E-state index >= 15 is 0 Å². The van der Waals surface area contributed by atoms with Gasteiger partial charge in [-0.05, 0) is 31.2 Å². The number of anilines is 3. The highest BCUT2D eigenvalue weighted by Gasteiger charge is 2.35. The fourth-order valence-electron chi connectivity index (χ4n) is 3.93. The quantitative estimate of drug-likeness (QED) is 0.458. The number of aryl methyl sites for hydroxylation is 1. The zero-order valence-electron chi connectivity index (χ0n) is 18.6. The van der Waals surface area contributed by atoms with Gasteiger partial charge in [-0.2, -0.15) is 4.98 Å². The molecule has 1 aliphatic rings. The van der Waals surface area contributed by atoms with Gasteiger partial charge < -0.3 is 10.2 Å². The summed E-state index contributed by atoms with van der Waals surface area (Å²) >= 11 is 1.41. The number of carbonyl (C=O) groups excluding carboxylic acids is 3. The Labute approximate surface area is 199 Å². The predicted molar refractivity (Wildman–Crippen MR) is 131 cm³/mol. The van der Waals surface area contributed by atoms with Gasteiger partial charge in [0, 0.05) is 42.2 Å². The minimum atomic E-state index is -0.476. The minimum Gasteiger partial charge on any atom is -0.326 e. The Hall–Kier alpha value is -4.05. The van der Waals surface area contributed by atoms with Crippen molar-refractivity contribution in [2.45, 2.75) is 20.3 Å². The van der Waals surface area contributed by atoms with E-state index < -0.39 is 5.92 Å². The lowest BCUT2D eigenvalue weighted by Gasteiger charge is -2.16. The summed E-state index contributed by atoms with van der Waals surface area (Å²) in [6.45, 7) is 3.77. The third kappa shape index (κ3) is 4.27. The fraction of sp³-hybridized carbons (Fsp3) is 0.208. The molecule has 10 heteroatoms. The third-order valence-electron chi connectivity index (χ3n) is 5.66. The van der Waals surface area contributed by atoms with Crippen molar-refractivity contribution in [1.82, 2.24) is 14.6 Å². The summed E-state index contributed by atoms with van der Waals surface area (Å²) in [5.74, 6) is -0.756. The lowest BCUT2D eigenvalue weighted by molar-refractivity contribution is -0.122. The number of fused-ring (bicyclic) bond motifs is 1. The molecule has 9 nitrogen and oxygen atoms in total. The molecule has 1 unspecified atom stereocenters. The van der Waals surface area contributed by atoms with Gasteiger partial charge in [0.15, 0.2) is 0 Å². The highest BCUT2D eigenvalue weighted by atomic mass is 32.1. The number of hydrogen-bond acceptors (Lipinski definition) is 6. The molecule has 0 bridgehead atoms. The number of nitrogens with one attached hydrogen (secondary N) is 2. The molecule has 2 aromatic carbocycles. The number of hydrogen-bond donors (Lipinski definition) is 2. The number of carbonyl (C=O) groups is 3. The molecule has 0 aliphatic carbocycles. The fourth-order valence-corrected chi connectivity index (χ4v) is 4.76. The second-order valence-corrected chi connectivity index (χ2v) is 9.08. The Morgan fingerprint density at radius 2 is 1.79 bits per heavy atom. The lowest BCUT2D eigenvalue weighted by Crippen LogP contribution is -2.28. The van der Waals surface area contributed by atoms with E-state index in [2.05, 4.69) is 20.7 Å². The molecule has 1 atom stereocenters. The van der Waals surface area contributed by atoms with Gasteiger partial charge in [-0.25, -0.2) is 4.52 Å². The van der Waals surface area contributed by atoms with Crippen LogP contribution in [0.2, 0.25) is 0 Å². The molecular weight excluding hydrogens is 452 g/mol. The average Bonchev–Trinajstić information content (AvgIpc) is 3.49. The standard InChI is InChI=1S/C24H22N6O3S/c1-14-3-9-19(10-4-14)29-12-17(11-21(29)32)22(33)26-23-27-24-30(28-23)20(13-34-24)16-5-7-18(8-6-16)25-15(2)31/h3-10,13,17H,11-12H2,1-2H3,(H,25,31)(H,26,28,33). The maximum atomic E-state index is 12.9. The van der Waals surface area contributed by atoms with Crippen molar-refractivity contribution in [3.05, 3.63) is 59.5 Å². The van der Waals surface area contributed by atoms with Crippen molar-refractivity contribution >= 4 is 51.3 Å². The van der Waals surface area contributed by atoms with Crippen LogP contribution in [0.1, 0.15) is 18.9 Å². The molecule has 34 heavy (non-hydrogen) atoms. The number of thiazole rings is 1. The van der Waals surface area contributed by atoms with Gasteiger partial charge in [-0.15, -0.1) is 16.4 Å². The van der Waals surface area contributed by atoms with Crippen LogP contribution in [0.4, 0.5) is 17.3 Å². The van der Waals surface area contributed by atoms with Gasteiger partial charge >= 0.3 is 0 Å². The summed E-state index contributed by atoms with van der Waals surface area (Å²) in [6, 6.07) is 15.1. The van der Waals surface area contributed by atoms with Crippen molar-refractivity contribution in [3.8, 4) is 11.3 Å². The van der Waals surface area contributed by atoms with Gasteiger partial charge in [0.1, 0.15) is 0 Å². The molecule has 0 radical (unpaired) electrons. The van der Waals surface area contributed by atoms with Crippen LogP contribution in [-0.2, 0) is 14.4 Å². The SMILES string of the molecule is CC(=O)Nc1ccc(-c2csc3nc(NC(=O)C4CC(=O)N(c5ccc(C)cc5)C4)nn23)cc1. The van der Waals surface area contributed by atoms with Crippen molar-refractivity contribution in [2.75, 3.05) is 22.1 Å². The maximum Gasteiger partial charge on any atom is 0.250 e. The van der Waals surface area contributed by atoms with Crippen molar-refractivity contribution in [3.63, 3.8) is 0 Å². The van der Waals surface area contributed by atoms with E-state index in [4.69, 9.17) is 0 Å². The smallest absolute Gasteiger partial charge is 0.250 e. The van der Waals surface area contributed by atoms with E-state index in [0.29, 0.717) is 17.2 Å². The Bertz CT molecular complexity index is 1390. The zero-order valence-corrected chi connectivity index (χ0v) is 19.4. The van der Waals surface area contributed by atoms with Crippen molar-refractivity contribution < 1.29 is 14.4 Å². The molecule has 4 aromatic rings. The topological polar surface area (TPSA) is 109 Å². The largest absolute Gasteiger partial charge is 0.326 e. The van der Waals surface area contributed by atoms with Crippen LogP contribution in [0.3, 0.4) is 0 Å². The first-order valence-electron chi connectivity index (χ1n) is 10.8. The van der Waals surface area contributed by atoms with Crippen LogP contribution >= 0.6 is 11.3 Å². The van der Waals surface area contributed by atoms with E-state index in [0.717, 1.165) is 22.5 Å². The number of aromatic nitrogens is 3. The monoisotopic (exact) mass is 474 g/mol. The van der Waals surface area contributed by atoms with Gasteiger partial charge in [-0.3, -0.25) is 19.7 Å². The predicted octanol–water partition coefficient (Wildman–Crippen LogP) is 3.72. The molecule has 1 saturated heterocycles. The lowest BCUT2D eigenvalue weighted by atomic mass is 10.1. The molecule has 172 valence electrons. The number of rotatable bonds is 5. The molecule has 2 aromatic heterocycles. The summed E-state index contributed by atoms with van der Waals surface area (Å²) in [4.78, 5) is 43.3. The van der Waals surface area contributed by atoms with Gasteiger partial charge in [0.05, 0.1) is 11.6 Å². The molecule has 2 N–H and O–H groups in total. The Balaban J connectivity index is 1.29. The van der Waals surface area contributed by atoms with Crippen molar-refractivity contribution in [1.29, 1.82) is 0 Å². The first-order chi connectivity index (χ1) is 16.4. The van der Waals surface area contributed by atoms with E-state index in [1.165, 1.54) is 18.3 Å². The van der Waals surface area contributed by atoms with Crippen LogP contribution in [0.25, 0.3) is 16.2 Å². The summed E-state index contributed by atoms with van der Waals surface area (Å²) in [7, 11) is 0. The molecular formula is C24H22N6O3S. The molecule has 0 spiro atoms. The molecule has 0 saturated carbocycles. The Kier molecular flexibility index (Phi) is 5.58. The van der Waals surface area contributed by atoms with Gasteiger partial charge in [-0.1, -0.05) is 29.8 Å². The third-order valence-corrected chi connectivity index (χ3v) is 6.48. The molecule has 1 aliphatic heterocycles. The van der Waals surface area contributed by atoms with Crippen molar-refractivity contribution in [2.24, 2.45) is 5.92 Å². The first kappa shape index (κ1) is 21.8. The first-order valence-corrected chi connectivity index (χ1v) is 11.7. The maximum absolute atomic E-state index is 12.9. The summed E-state index contributed by atoms with van der Waals surface area (Å²) < 4.78 is 1.67. The second kappa shape index (κ2) is 8.71. The Morgan fingerprint density at radius 1 is 1.06 bits per heavy atom. The van der Waals surface area contributed by atoms with Gasteiger partial charge in [0.2, 0.25) is 28.6 Å². The summed E-state index contributed by atoms with van der Waals surface area (Å²) in [5, 5.41) is 11.9. The van der Waals surface area contributed by atoms with E-state index in [1.54, 1.807) is 9.42 Å². The van der Waals surface area contributed by atoms with Crippen LogP contribution in [0.15, 0.2) is 53.9 Å². The molecule has 3 heterocycles. The molecule has 5 rings (SSSR count). The van der Waals surface area contributed by atoms with Crippen LogP contribution in [0, 0.1) is 12.8 Å². The normalized spacial score (nSPS) is 15.6. The zero-order chi connectivity index (χ0) is 23.8. The highest BCUT2D eigenvalue weighted by molar-refractivity contribution is 7.15. The molecule has 1 fully saturated rings. The van der Waals surface area contributed by atoms with E-state index in [9.17, 15) is 14.4 Å².